The highest BCUT2D eigenvalue weighted by Crippen LogP contribution is 2.44. The smallest absolute Gasteiger partial charge is 0.270 e. The van der Waals surface area contributed by atoms with Crippen LogP contribution >= 0.6 is 11.6 Å². The molecule has 1 aliphatic rings. The van der Waals surface area contributed by atoms with Crippen LogP contribution in [-0.2, 0) is 25.7 Å². The second-order valence-corrected chi connectivity index (χ2v) is 13.4. The molecular weight excluding hydrogens is 590 g/mol. The van der Waals surface area contributed by atoms with Crippen LogP contribution in [0, 0.1) is 30.9 Å². The van der Waals surface area contributed by atoms with E-state index in [2.05, 4.69) is 13.8 Å². The Morgan fingerprint density at radius 3 is 1.40 bits per heavy atom. The monoisotopic (exact) mass is 629 g/mol. The van der Waals surface area contributed by atoms with Crippen molar-refractivity contribution in [1.29, 1.82) is 0 Å². The molecule has 0 atom stereocenters. The topological polar surface area (TPSA) is 124 Å². The van der Waals surface area contributed by atoms with E-state index >= 15 is 0 Å². The maximum absolute atomic E-state index is 12.1. The van der Waals surface area contributed by atoms with Crippen molar-refractivity contribution in [2.45, 2.75) is 86.0 Å². The van der Waals surface area contributed by atoms with Gasteiger partial charge in [0.25, 0.3) is 5.69 Å². The number of fused-ring (bicyclic) bond motifs is 8. The third-order valence-corrected chi connectivity index (χ3v) is 9.90. The Labute approximate surface area is 268 Å². The third-order valence-electron chi connectivity index (χ3n) is 9.50. The summed E-state index contributed by atoms with van der Waals surface area (Å²) in [5.74, 6) is 0.163. The summed E-state index contributed by atoms with van der Waals surface area (Å²) in [6.07, 6.45) is 0.435. The summed E-state index contributed by atoms with van der Waals surface area (Å²) in [6, 6.07) is 8.19. The Balaban J connectivity index is 1.90. The number of aromatic hydroxyl groups is 4. The van der Waals surface area contributed by atoms with E-state index in [9.17, 15) is 30.5 Å². The van der Waals surface area contributed by atoms with Crippen LogP contribution in [0.15, 0.2) is 30.3 Å². The van der Waals surface area contributed by atoms with Crippen molar-refractivity contribution in [3.63, 3.8) is 0 Å². The fourth-order valence-electron chi connectivity index (χ4n) is 6.81. The number of nitrogens with zero attached hydrogens (tertiary/aromatic N) is 1. The second-order valence-electron chi connectivity index (χ2n) is 13.0. The van der Waals surface area contributed by atoms with E-state index in [1.807, 2.05) is 46.8 Å². The average Bonchev–Trinajstić information content (AvgIpc) is 2.96. The number of hydrogen-bond donors (Lipinski definition) is 4. The van der Waals surface area contributed by atoms with E-state index in [1.54, 1.807) is 6.07 Å². The number of nitro groups is 1. The van der Waals surface area contributed by atoms with Crippen LogP contribution in [0.5, 0.6) is 23.0 Å². The largest absolute Gasteiger partial charge is 0.507 e. The van der Waals surface area contributed by atoms with Crippen LogP contribution in [0.1, 0.15) is 112 Å². The summed E-state index contributed by atoms with van der Waals surface area (Å²) in [6.45, 7) is 13.9. The molecule has 0 aromatic heterocycles. The maximum Gasteiger partial charge on any atom is 0.270 e. The first-order valence-electron chi connectivity index (χ1n) is 15.3. The number of phenols is 4. The number of non-ortho nitro benzene ring substituents is 1. The molecule has 0 saturated carbocycles. The molecule has 1 aliphatic carbocycles. The van der Waals surface area contributed by atoms with Crippen molar-refractivity contribution in [1.82, 2.24) is 0 Å². The molecule has 4 aromatic carbocycles. The lowest BCUT2D eigenvalue weighted by Crippen LogP contribution is -2.08. The third kappa shape index (κ3) is 5.70. The first kappa shape index (κ1) is 32.2. The summed E-state index contributed by atoms with van der Waals surface area (Å²) < 4.78 is 0. The summed E-state index contributed by atoms with van der Waals surface area (Å²) in [5.41, 5.74) is 8.17. The number of benzene rings is 4. The van der Waals surface area contributed by atoms with Gasteiger partial charge in [0.1, 0.15) is 23.0 Å². The van der Waals surface area contributed by atoms with Gasteiger partial charge in [-0.15, -0.1) is 0 Å². The highest BCUT2D eigenvalue weighted by molar-refractivity contribution is 6.31. The van der Waals surface area contributed by atoms with E-state index in [-0.39, 0.29) is 66.2 Å². The molecule has 45 heavy (non-hydrogen) atoms. The lowest BCUT2D eigenvalue weighted by atomic mass is 9.83. The molecule has 0 unspecified atom stereocenters. The zero-order chi connectivity index (χ0) is 33.1. The molecule has 0 radical (unpaired) electrons. The molecule has 0 saturated heterocycles. The molecule has 0 spiro atoms. The molecule has 8 bridgehead atoms. The summed E-state index contributed by atoms with van der Waals surface area (Å²) >= 11 is 6.78. The summed E-state index contributed by atoms with van der Waals surface area (Å²) in [4.78, 5) is 11.6. The molecule has 8 heteroatoms. The van der Waals surface area contributed by atoms with Gasteiger partial charge in [-0.1, -0.05) is 51.4 Å². The fraction of sp³-hybridized carbons (Fsp3) is 0.351. The van der Waals surface area contributed by atoms with Crippen molar-refractivity contribution in [2.75, 3.05) is 0 Å². The van der Waals surface area contributed by atoms with Crippen molar-refractivity contribution in [2.24, 2.45) is 0 Å². The lowest BCUT2D eigenvalue weighted by Gasteiger charge is -2.23. The molecule has 4 N–H and O–H groups in total. The van der Waals surface area contributed by atoms with Gasteiger partial charge in [0.05, 0.1) is 4.92 Å². The standard InChI is InChI=1S/C37H40ClNO6/c1-17(2)28-12-24-8-22-10-27(39(44)45)11-23(34(22)40)9-25-13-29(18(3)4)20(6)31(36(25)42)16-32-21(7)33(38)15-26(37(32)43)14-30(19(28)5)35(24)41/h10-13,15,17-18,40-43H,8-9,14,16H2,1-7H3. The van der Waals surface area contributed by atoms with Gasteiger partial charge in [-0.25, -0.2) is 0 Å². The molecular formula is C37H40ClNO6. The van der Waals surface area contributed by atoms with Gasteiger partial charge in [0.2, 0.25) is 0 Å². The van der Waals surface area contributed by atoms with Gasteiger partial charge < -0.3 is 20.4 Å². The van der Waals surface area contributed by atoms with Gasteiger partial charge in [0.15, 0.2) is 0 Å². The number of phenolic OH excluding ortho intramolecular Hbond substituents is 4. The molecule has 5 rings (SSSR count). The van der Waals surface area contributed by atoms with Gasteiger partial charge in [-0.2, -0.15) is 0 Å². The van der Waals surface area contributed by atoms with Crippen molar-refractivity contribution in [3.8, 4) is 23.0 Å². The molecule has 4 aromatic rings. The van der Waals surface area contributed by atoms with E-state index in [4.69, 9.17) is 11.6 Å². The molecule has 0 fully saturated rings. The summed E-state index contributed by atoms with van der Waals surface area (Å²) in [7, 11) is 0. The fourth-order valence-corrected chi connectivity index (χ4v) is 7.06. The van der Waals surface area contributed by atoms with Crippen LogP contribution < -0.4 is 0 Å². The zero-order valence-corrected chi connectivity index (χ0v) is 27.6. The normalized spacial score (nSPS) is 13.0. The molecule has 0 amide bonds. The van der Waals surface area contributed by atoms with Crippen LogP contribution in [0.25, 0.3) is 0 Å². The first-order valence-corrected chi connectivity index (χ1v) is 15.7. The average molecular weight is 630 g/mol. The van der Waals surface area contributed by atoms with Crippen molar-refractivity contribution >= 4 is 17.3 Å². The number of hydrogen-bond acceptors (Lipinski definition) is 6. The lowest BCUT2D eigenvalue weighted by molar-refractivity contribution is -0.385. The zero-order valence-electron chi connectivity index (χ0n) is 26.8. The number of nitro benzene ring substituents is 1. The second kappa shape index (κ2) is 11.9. The SMILES string of the molecule is Cc1c(Cl)cc2c(O)c1Cc1c(C)c(C(C)C)cc(c1O)Cc1cc([N+](=O)[O-])cc(c1O)Cc1cc(C(C)C)c(C)c(c1O)C2. The minimum atomic E-state index is -0.494. The highest BCUT2D eigenvalue weighted by Gasteiger charge is 2.26. The van der Waals surface area contributed by atoms with Gasteiger partial charge in [-0.05, 0) is 77.6 Å². The van der Waals surface area contributed by atoms with E-state index < -0.39 is 4.92 Å². The van der Waals surface area contributed by atoms with Crippen LogP contribution in [0.4, 0.5) is 5.69 Å². The van der Waals surface area contributed by atoms with Gasteiger partial charge >= 0.3 is 0 Å². The Morgan fingerprint density at radius 2 is 0.978 bits per heavy atom. The Hall–Kier alpha value is -4.23. The van der Waals surface area contributed by atoms with E-state index in [0.29, 0.717) is 55.1 Å². The Morgan fingerprint density at radius 1 is 0.600 bits per heavy atom. The first-order chi connectivity index (χ1) is 21.1. The van der Waals surface area contributed by atoms with Crippen LogP contribution in [0.2, 0.25) is 5.02 Å². The summed E-state index contributed by atoms with van der Waals surface area (Å²) in [5, 5.41) is 59.2. The Kier molecular flexibility index (Phi) is 8.53. The predicted octanol–water partition coefficient (Wildman–Crippen LogP) is 8.92. The quantitative estimate of drug-likeness (QED) is 0.117. The number of halogens is 1. The minimum Gasteiger partial charge on any atom is -0.507 e. The molecule has 236 valence electrons. The van der Waals surface area contributed by atoms with Crippen LogP contribution in [0.3, 0.4) is 0 Å². The Bertz CT molecular complexity index is 1870. The predicted molar refractivity (Wildman–Crippen MR) is 178 cm³/mol. The molecule has 0 aliphatic heterocycles. The number of rotatable bonds is 3. The molecule has 0 heterocycles. The van der Waals surface area contributed by atoms with Gasteiger partial charge in [-0.3, -0.25) is 10.1 Å². The molecule has 7 nitrogen and oxygen atoms in total. The minimum absolute atomic E-state index is 0.00869. The van der Waals surface area contributed by atoms with Gasteiger partial charge in [0, 0.05) is 76.2 Å². The highest BCUT2D eigenvalue weighted by atomic mass is 35.5. The van der Waals surface area contributed by atoms with Crippen molar-refractivity contribution in [3.05, 3.63) is 118 Å². The van der Waals surface area contributed by atoms with Crippen molar-refractivity contribution < 1.29 is 25.3 Å². The van der Waals surface area contributed by atoms with E-state index in [0.717, 1.165) is 22.3 Å². The van der Waals surface area contributed by atoms with Crippen LogP contribution in [-0.4, -0.2) is 25.3 Å². The van der Waals surface area contributed by atoms with E-state index in [1.165, 1.54) is 12.1 Å². The maximum atomic E-state index is 12.1.